The zero-order valence-electron chi connectivity index (χ0n) is 14.3. The largest absolute Gasteiger partial charge is 0.352 e. The van der Waals surface area contributed by atoms with Gasteiger partial charge in [-0.1, -0.05) is 42.5 Å². The van der Waals surface area contributed by atoms with Gasteiger partial charge in [0.1, 0.15) is 5.82 Å². The maximum Gasteiger partial charge on any atom is 0.221 e. The second-order valence-corrected chi connectivity index (χ2v) is 8.37. The second kappa shape index (κ2) is 7.97. The van der Waals surface area contributed by atoms with Crippen molar-refractivity contribution >= 4 is 15.9 Å². The van der Waals surface area contributed by atoms with Crippen LogP contribution in [-0.2, 0) is 34.3 Å². The number of carbonyl (C=O) groups excluding carboxylic acids is 1. The fourth-order valence-corrected chi connectivity index (χ4v) is 4.39. The number of fused-ring (bicyclic) bond motifs is 1. The predicted octanol–water partition coefficient (Wildman–Crippen LogP) is 2.22. The summed E-state index contributed by atoms with van der Waals surface area (Å²) in [5.74, 6) is -1.06. The first kappa shape index (κ1) is 18.5. The summed E-state index contributed by atoms with van der Waals surface area (Å²) < 4.78 is 40.0. The predicted molar refractivity (Wildman–Crippen MR) is 97.2 cm³/mol. The van der Waals surface area contributed by atoms with Crippen LogP contribution in [0.5, 0.6) is 0 Å². The van der Waals surface area contributed by atoms with Gasteiger partial charge < -0.3 is 5.32 Å². The van der Waals surface area contributed by atoms with E-state index in [1.54, 1.807) is 18.2 Å². The molecule has 1 heterocycles. The molecule has 1 amide bonds. The maximum absolute atomic E-state index is 13.5. The summed E-state index contributed by atoms with van der Waals surface area (Å²) in [6.45, 7) is 0.814. The molecule has 1 N–H and O–H groups in total. The van der Waals surface area contributed by atoms with E-state index in [0.717, 1.165) is 5.56 Å². The van der Waals surface area contributed by atoms with Gasteiger partial charge in [-0.25, -0.2) is 12.8 Å². The highest BCUT2D eigenvalue weighted by Gasteiger charge is 2.26. The van der Waals surface area contributed by atoms with Gasteiger partial charge in [0.25, 0.3) is 0 Å². The van der Waals surface area contributed by atoms with Crippen molar-refractivity contribution in [1.29, 1.82) is 0 Å². The summed E-state index contributed by atoms with van der Waals surface area (Å²) in [4.78, 5) is 11.9. The monoisotopic (exact) mass is 376 g/mol. The van der Waals surface area contributed by atoms with Gasteiger partial charge in [-0.15, -0.1) is 0 Å². The van der Waals surface area contributed by atoms with E-state index in [4.69, 9.17) is 0 Å². The molecule has 1 aliphatic heterocycles. The van der Waals surface area contributed by atoms with Crippen LogP contribution in [0.3, 0.4) is 0 Å². The van der Waals surface area contributed by atoms with Crippen molar-refractivity contribution in [2.75, 3.05) is 12.3 Å². The highest BCUT2D eigenvalue weighted by Crippen LogP contribution is 2.21. The SMILES string of the molecule is O=C(CCS(=O)(=O)N1CCc2ccccc2C1)NCc1ccccc1F. The molecular weight excluding hydrogens is 355 g/mol. The third-order valence-electron chi connectivity index (χ3n) is 4.51. The Kier molecular flexibility index (Phi) is 5.68. The van der Waals surface area contributed by atoms with Crippen molar-refractivity contribution in [3.63, 3.8) is 0 Å². The quantitative estimate of drug-likeness (QED) is 0.841. The van der Waals surface area contributed by atoms with Crippen molar-refractivity contribution in [2.45, 2.75) is 25.9 Å². The van der Waals surface area contributed by atoms with E-state index in [1.165, 1.54) is 15.9 Å². The molecule has 3 rings (SSSR count). The molecule has 2 aromatic carbocycles. The lowest BCUT2D eigenvalue weighted by molar-refractivity contribution is -0.120. The van der Waals surface area contributed by atoms with Crippen LogP contribution in [-0.4, -0.2) is 30.9 Å². The molecular formula is C19H21FN2O3S. The lowest BCUT2D eigenvalue weighted by Crippen LogP contribution is -2.38. The molecule has 0 aromatic heterocycles. The Morgan fingerprint density at radius 3 is 2.54 bits per heavy atom. The van der Waals surface area contributed by atoms with E-state index in [2.05, 4.69) is 5.32 Å². The molecule has 0 saturated carbocycles. The molecule has 0 fully saturated rings. The molecule has 0 spiro atoms. The normalized spacial score (nSPS) is 14.7. The molecule has 0 aliphatic carbocycles. The number of hydrogen-bond donors (Lipinski definition) is 1. The summed E-state index contributed by atoms with van der Waals surface area (Å²) in [7, 11) is -3.51. The van der Waals surface area contributed by atoms with Gasteiger partial charge in [0.15, 0.2) is 0 Å². The molecule has 0 unspecified atom stereocenters. The van der Waals surface area contributed by atoms with Gasteiger partial charge in [0.05, 0.1) is 5.75 Å². The molecule has 1 aliphatic rings. The van der Waals surface area contributed by atoms with Crippen molar-refractivity contribution < 1.29 is 17.6 Å². The topological polar surface area (TPSA) is 66.5 Å². The second-order valence-electron chi connectivity index (χ2n) is 6.29. The van der Waals surface area contributed by atoms with Gasteiger partial charge in [0, 0.05) is 31.6 Å². The number of nitrogens with one attached hydrogen (secondary N) is 1. The van der Waals surface area contributed by atoms with Crippen molar-refractivity contribution in [1.82, 2.24) is 9.62 Å². The molecule has 2 aromatic rings. The number of carbonyl (C=O) groups is 1. The fourth-order valence-electron chi connectivity index (χ4n) is 2.98. The molecule has 26 heavy (non-hydrogen) atoms. The van der Waals surface area contributed by atoms with Crippen LogP contribution in [0, 0.1) is 5.82 Å². The number of sulfonamides is 1. The lowest BCUT2D eigenvalue weighted by Gasteiger charge is -2.28. The van der Waals surface area contributed by atoms with Crippen LogP contribution in [0.4, 0.5) is 4.39 Å². The van der Waals surface area contributed by atoms with Crippen LogP contribution in [0.25, 0.3) is 0 Å². The van der Waals surface area contributed by atoms with E-state index in [9.17, 15) is 17.6 Å². The average Bonchev–Trinajstić information content (AvgIpc) is 2.65. The highest BCUT2D eigenvalue weighted by atomic mass is 32.2. The van der Waals surface area contributed by atoms with Crippen LogP contribution in [0.1, 0.15) is 23.1 Å². The van der Waals surface area contributed by atoms with Gasteiger partial charge in [-0.2, -0.15) is 4.31 Å². The Morgan fingerprint density at radius 2 is 1.77 bits per heavy atom. The molecule has 7 heteroatoms. The Balaban J connectivity index is 1.52. The fraction of sp³-hybridized carbons (Fsp3) is 0.316. The van der Waals surface area contributed by atoms with Crippen molar-refractivity contribution in [3.8, 4) is 0 Å². The summed E-state index contributed by atoms with van der Waals surface area (Å²) in [6, 6.07) is 13.9. The summed E-state index contributed by atoms with van der Waals surface area (Å²) in [5.41, 5.74) is 2.55. The summed E-state index contributed by atoms with van der Waals surface area (Å²) >= 11 is 0. The van der Waals surface area contributed by atoms with Gasteiger partial charge in [0.2, 0.25) is 15.9 Å². The average molecular weight is 376 g/mol. The first-order valence-corrected chi connectivity index (χ1v) is 10.1. The first-order chi connectivity index (χ1) is 12.5. The summed E-state index contributed by atoms with van der Waals surface area (Å²) in [6.07, 6.45) is 0.532. The smallest absolute Gasteiger partial charge is 0.221 e. The third kappa shape index (κ3) is 4.47. The van der Waals surface area contributed by atoms with E-state index in [-0.39, 0.29) is 18.7 Å². The minimum atomic E-state index is -3.51. The van der Waals surface area contributed by atoms with Crippen molar-refractivity contribution in [3.05, 3.63) is 71.0 Å². The lowest BCUT2D eigenvalue weighted by atomic mass is 10.0. The minimum absolute atomic E-state index is 0.0443. The molecule has 138 valence electrons. The number of amides is 1. The standard InChI is InChI=1S/C19H21FN2O3S/c20-18-8-4-3-6-16(18)13-21-19(23)10-12-26(24,25)22-11-9-15-5-1-2-7-17(15)14-22/h1-8H,9-14H2,(H,21,23). The number of benzene rings is 2. The van der Waals surface area contributed by atoms with Gasteiger partial charge in [-0.05, 0) is 23.6 Å². The summed E-state index contributed by atoms with van der Waals surface area (Å²) in [5, 5.41) is 2.57. The van der Waals surface area contributed by atoms with Crippen LogP contribution in [0.2, 0.25) is 0 Å². The Labute approximate surface area is 152 Å². The molecule has 0 radical (unpaired) electrons. The molecule has 0 bridgehead atoms. The Bertz CT molecular complexity index is 899. The zero-order valence-corrected chi connectivity index (χ0v) is 15.1. The van der Waals surface area contributed by atoms with Gasteiger partial charge in [-0.3, -0.25) is 4.79 Å². The van der Waals surface area contributed by atoms with Gasteiger partial charge >= 0.3 is 0 Å². The minimum Gasteiger partial charge on any atom is -0.352 e. The molecule has 5 nitrogen and oxygen atoms in total. The number of nitrogens with zero attached hydrogens (tertiary/aromatic N) is 1. The third-order valence-corrected chi connectivity index (χ3v) is 6.33. The Hall–Kier alpha value is -2.25. The number of hydrogen-bond acceptors (Lipinski definition) is 3. The van der Waals surface area contributed by atoms with Crippen LogP contribution >= 0.6 is 0 Å². The first-order valence-electron chi connectivity index (χ1n) is 8.50. The zero-order chi connectivity index (χ0) is 18.6. The number of halogens is 1. The van der Waals surface area contributed by atoms with E-state index in [1.807, 2.05) is 24.3 Å². The number of rotatable bonds is 6. The molecule has 0 saturated heterocycles. The van der Waals surface area contributed by atoms with E-state index >= 15 is 0 Å². The van der Waals surface area contributed by atoms with E-state index < -0.39 is 21.7 Å². The Morgan fingerprint density at radius 1 is 1.08 bits per heavy atom. The molecule has 0 atom stereocenters. The highest BCUT2D eigenvalue weighted by molar-refractivity contribution is 7.89. The van der Waals surface area contributed by atoms with E-state index in [0.29, 0.717) is 25.1 Å². The van der Waals surface area contributed by atoms with Crippen molar-refractivity contribution in [2.24, 2.45) is 0 Å². The van der Waals surface area contributed by atoms with Crippen LogP contribution in [0.15, 0.2) is 48.5 Å². The maximum atomic E-state index is 13.5. The van der Waals surface area contributed by atoms with Crippen LogP contribution < -0.4 is 5.32 Å².